The zero-order valence-corrected chi connectivity index (χ0v) is 20.3. The molecule has 1 atom stereocenters. The number of amides is 1. The summed E-state index contributed by atoms with van der Waals surface area (Å²) in [5.74, 6) is 0.548. The molecule has 35 heavy (non-hydrogen) atoms. The summed E-state index contributed by atoms with van der Waals surface area (Å²) in [6.07, 6.45) is 1.22. The Bertz CT molecular complexity index is 932. The predicted molar refractivity (Wildman–Crippen MR) is 125 cm³/mol. The molecule has 2 saturated heterocycles. The number of halogens is 3. The highest BCUT2D eigenvalue weighted by molar-refractivity contribution is 5.79. The summed E-state index contributed by atoms with van der Waals surface area (Å²) in [6, 6.07) is 5.62. The van der Waals surface area contributed by atoms with Gasteiger partial charge in [-0.2, -0.15) is 18.4 Å². The van der Waals surface area contributed by atoms with Crippen LogP contribution in [0.2, 0.25) is 0 Å². The fourth-order valence-corrected chi connectivity index (χ4v) is 6.06. The number of hydrogen-bond donors (Lipinski definition) is 0. The number of carbonyl (C=O) groups is 1. The lowest BCUT2D eigenvalue weighted by atomic mass is 9.71. The van der Waals surface area contributed by atoms with E-state index in [4.69, 9.17) is 14.7 Å². The van der Waals surface area contributed by atoms with Gasteiger partial charge in [0.1, 0.15) is 0 Å². The third-order valence-corrected chi connectivity index (χ3v) is 8.13. The maximum Gasteiger partial charge on any atom is 0.417 e. The molecule has 1 saturated carbocycles. The Morgan fingerprint density at radius 2 is 1.91 bits per heavy atom. The van der Waals surface area contributed by atoms with Gasteiger partial charge in [0.25, 0.3) is 0 Å². The summed E-state index contributed by atoms with van der Waals surface area (Å²) in [7, 11) is 1.61. The molecule has 3 aliphatic rings. The molecule has 0 radical (unpaired) electrons. The summed E-state index contributed by atoms with van der Waals surface area (Å²) in [5, 5.41) is 9.15. The summed E-state index contributed by atoms with van der Waals surface area (Å²) in [6.45, 7) is 3.99. The van der Waals surface area contributed by atoms with Crippen LogP contribution in [0.3, 0.4) is 0 Å². The van der Waals surface area contributed by atoms with Gasteiger partial charge < -0.3 is 19.3 Å². The number of likely N-dealkylation sites (tertiary alicyclic amines) is 1. The van der Waals surface area contributed by atoms with E-state index in [0.717, 1.165) is 44.6 Å². The average Bonchev–Trinajstić information content (AvgIpc) is 3.50. The Hall–Kier alpha value is -2.31. The topological polar surface area (TPSA) is 65.8 Å². The quantitative estimate of drug-likeness (QED) is 0.525. The molecule has 192 valence electrons. The minimum absolute atomic E-state index is 0.132. The first kappa shape index (κ1) is 25.8. The SMILES string of the molecule is COCCOCC1CN(c2ccc(C#N)c(C(F)(F)F)c2)CC12CCN(C(=O)C1CCCC1)CC2. The summed E-state index contributed by atoms with van der Waals surface area (Å²) in [4.78, 5) is 16.9. The molecule has 3 fully saturated rings. The van der Waals surface area contributed by atoms with Crippen molar-refractivity contribution in [1.82, 2.24) is 4.90 Å². The first-order valence-electron chi connectivity index (χ1n) is 12.5. The van der Waals surface area contributed by atoms with Crippen LogP contribution in [-0.2, 0) is 20.4 Å². The Labute approximate surface area is 205 Å². The number of alkyl halides is 3. The van der Waals surface area contributed by atoms with Crippen molar-refractivity contribution in [3.8, 4) is 6.07 Å². The average molecular weight is 494 g/mol. The monoisotopic (exact) mass is 493 g/mol. The molecule has 1 amide bonds. The Morgan fingerprint density at radius 1 is 1.20 bits per heavy atom. The number of carbonyl (C=O) groups excluding carboxylic acids is 1. The molecule has 1 spiro atoms. The molecule has 2 heterocycles. The minimum atomic E-state index is -4.59. The van der Waals surface area contributed by atoms with E-state index >= 15 is 0 Å². The van der Waals surface area contributed by atoms with Gasteiger partial charge >= 0.3 is 6.18 Å². The van der Waals surface area contributed by atoms with Gasteiger partial charge in [0.05, 0.1) is 37.0 Å². The highest BCUT2D eigenvalue weighted by atomic mass is 19.4. The Balaban J connectivity index is 1.51. The molecule has 1 aliphatic carbocycles. The molecule has 0 N–H and O–H groups in total. The number of rotatable bonds is 7. The second-order valence-corrected chi connectivity index (χ2v) is 10.2. The number of anilines is 1. The third-order valence-electron chi connectivity index (χ3n) is 8.13. The highest BCUT2D eigenvalue weighted by Crippen LogP contribution is 2.47. The van der Waals surface area contributed by atoms with E-state index in [0.29, 0.717) is 51.7 Å². The number of nitrogens with zero attached hydrogens (tertiary/aromatic N) is 3. The third kappa shape index (κ3) is 5.59. The van der Waals surface area contributed by atoms with E-state index in [1.165, 1.54) is 6.07 Å². The molecular formula is C26H34F3N3O3. The largest absolute Gasteiger partial charge is 0.417 e. The maximum absolute atomic E-state index is 13.6. The van der Waals surface area contributed by atoms with Crippen molar-refractivity contribution in [2.75, 3.05) is 58.0 Å². The van der Waals surface area contributed by atoms with Crippen molar-refractivity contribution in [3.63, 3.8) is 0 Å². The lowest BCUT2D eigenvalue weighted by Gasteiger charge is -2.43. The van der Waals surface area contributed by atoms with E-state index in [-0.39, 0.29) is 28.7 Å². The van der Waals surface area contributed by atoms with Gasteiger partial charge in [0.15, 0.2) is 0 Å². The normalized spacial score (nSPS) is 22.7. The molecule has 4 rings (SSSR count). The van der Waals surface area contributed by atoms with E-state index in [1.807, 2.05) is 9.80 Å². The van der Waals surface area contributed by atoms with Crippen LogP contribution in [0.1, 0.15) is 49.7 Å². The van der Waals surface area contributed by atoms with Gasteiger partial charge in [0.2, 0.25) is 5.91 Å². The van der Waals surface area contributed by atoms with Crippen LogP contribution >= 0.6 is 0 Å². The van der Waals surface area contributed by atoms with E-state index in [1.54, 1.807) is 19.2 Å². The van der Waals surface area contributed by atoms with Crippen LogP contribution in [0.15, 0.2) is 18.2 Å². The number of benzene rings is 1. The van der Waals surface area contributed by atoms with Gasteiger partial charge in [0, 0.05) is 50.8 Å². The number of piperidine rings is 1. The van der Waals surface area contributed by atoms with Crippen molar-refractivity contribution >= 4 is 11.6 Å². The van der Waals surface area contributed by atoms with Crippen LogP contribution < -0.4 is 4.90 Å². The zero-order chi connectivity index (χ0) is 25.1. The predicted octanol–water partition coefficient (Wildman–Crippen LogP) is 4.48. The fourth-order valence-electron chi connectivity index (χ4n) is 6.06. The molecule has 6 nitrogen and oxygen atoms in total. The van der Waals surface area contributed by atoms with Crippen molar-refractivity contribution < 1.29 is 27.4 Å². The van der Waals surface area contributed by atoms with Crippen LogP contribution in [0.5, 0.6) is 0 Å². The van der Waals surface area contributed by atoms with Gasteiger partial charge in [-0.1, -0.05) is 12.8 Å². The van der Waals surface area contributed by atoms with E-state index in [2.05, 4.69) is 0 Å². The summed E-state index contributed by atoms with van der Waals surface area (Å²) < 4.78 is 51.7. The van der Waals surface area contributed by atoms with Gasteiger partial charge in [-0.05, 0) is 49.3 Å². The van der Waals surface area contributed by atoms with Gasteiger partial charge in [-0.15, -0.1) is 0 Å². The van der Waals surface area contributed by atoms with Crippen molar-refractivity contribution in [1.29, 1.82) is 5.26 Å². The first-order valence-corrected chi connectivity index (χ1v) is 12.5. The lowest BCUT2D eigenvalue weighted by Crippen LogP contribution is -2.48. The van der Waals surface area contributed by atoms with Crippen LogP contribution in [0, 0.1) is 28.6 Å². The second kappa shape index (κ2) is 10.8. The Morgan fingerprint density at radius 3 is 2.54 bits per heavy atom. The zero-order valence-electron chi connectivity index (χ0n) is 20.3. The standard InChI is InChI=1S/C26H34F3N3O3/c1-34-12-13-35-17-21-16-32(22-7-6-20(15-30)23(14-22)26(27,28)29)18-25(21)8-10-31(11-9-25)24(33)19-4-2-3-5-19/h6-7,14,19,21H,2-5,8-13,16-18H2,1H3. The second-order valence-electron chi connectivity index (χ2n) is 10.2. The molecule has 2 aliphatic heterocycles. The number of methoxy groups -OCH3 is 1. The molecular weight excluding hydrogens is 459 g/mol. The molecule has 1 aromatic carbocycles. The van der Waals surface area contributed by atoms with Gasteiger partial charge in [-0.25, -0.2) is 0 Å². The Kier molecular flexibility index (Phi) is 7.92. The first-order chi connectivity index (χ1) is 16.8. The van der Waals surface area contributed by atoms with Crippen molar-refractivity contribution in [2.45, 2.75) is 44.7 Å². The number of nitriles is 1. The van der Waals surface area contributed by atoms with Crippen molar-refractivity contribution in [2.24, 2.45) is 17.3 Å². The fraction of sp³-hybridized carbons (Fsp3) is 0.692. The summed E-state index contributed by atoms with van der Waals surface area (Å²) >= 11 is 0. The van der Waals surface area contributed by atoms with E-state index < -0.39 is 11.7 Å². The molecule has 1 unspecified atom stereocenters. The van der Waals surface area contributed by atoms with Crippen LogP contribution in [0.4, 0.5) is 18.9 Å². The lowest BCUT2D eigenvalue weighted by molar-refractivity contribution is -0.138. The van der Waals surface area contributed by atoms with Crippen molar-refractivity contribution in [3.05, 3.63) is 29.3 Å². The highest BCUT2D eigenvalue weighted by Gasteiger charge is 2.49. The smallest absolute Gasteiger partial charge is 0.382 e. The minimum Gasteiger partial charge on any atom is -0.382 e. The number of hydrogen-bond acceptors (Lipinski definition) is 5. The number of ether oxygens (including phenoxy) is 2. The molecule has 1 aromatic rings. The summed E-state index contributed by atoms with van der Waals surface area (Å²) in [5.41, 5.74) is -0.928. The van der Waals surface area contributed by atoms with E-state index in [9.17, 15) is 18.0 Å². The van der Waals surface area contributed by atoms with Gasteiger partial charge in [-0.3, -0.25) is 4.79 Å². The maximum atomic E-state index is 13.6. The van der Waals surface area contributed by atoms with Crippen LogP contribution in [-0.4, -0.2) is 63.9 Å². The van der Waals surface area contributed by atoms with Crippen LogP contribution in [0.25, 0.3) is 0 Å². The molecule has 9 heteroatoms. The molecule has 0 aromatic heterocycles. The molecule has 0 bridgehead atoms.